The van der Waals surface area contributed by atoms with Crippen LogP contribution in [-0.4, -0.2) is 63.2 Å². The van der Waals surface area contributed by atoms with E-state index in [0.717, 1.165) is 31.1 Å². The van der Waals surface area contributed by atoms with Gasteiger partial charge in [0.2, 0.25) is 0 Å². The van der Waals surface area contributed by atoms with E-state index in [-0.39, 0.29) is 6.71 Å². The molecule has 0 aliphatic carbocycles. The molecule has 5 radical (unpaired) electrons. The number of aromatic nitrogens is 1. The van der Waals surface area contributed by atoms with Crippen LogP contribution in [0.5, 0.6) is 0 Å². The number of nitrogens with one attached hydrogen (secondary N) is 1. The number of nitrogens with zero attached hydrogens (tertiary/aromatic N) is 1. The van der Waals surface area contributed by atoms with Crippen LogP contribution in [0.15, 0.2) is 91.0 Å². The Morgan fingerprint density at radius 3 is 2.27 bits per heavy atom. The van der Waals surface area contributed by atoms with Crippen molar-refractivity contribution in [1.29, 1.82) is 0 Å². The summed E-state index contributed by atoms with van der Waals surface area (Å²) in [7, 11) is 2.72. The SMILES string of the molecule is [B]1B2B3[B-]P123NP12(c3ccc4c5ccccc5n5c4c3B(c3ccccc3)c3ccccc3-5)B3[B-]B1B32. The number of benzene rings is 4. The second-order valence-electron chi connectivity index (χ2n) is 12.9. The Morgan fingerprint density at radius 1 is 0.784 bits per heavy atom. The van der Waals surface area contributed by atoms with Crippen molar-refractivity contribution in [2.24, 2.45) is 0 Å². The van der Waals surface area contributed by atoms with Crippen molar-refractivity contribution in [3.63, 3.8) is 0 Å². The summed E-state index contributed by atoms with van der Waals surface area (Å²) >= 11 is 0. The first-order valence-corrected chi connectivity index (χ1v) is 18.8. The Balaban J connectivity index is 1.26. The molecule has 5 aromatic rings. The first-order chi connectivity index (χ1) is 18.2. The molecule has 0 saturated carbocycles. The molecule has 1 spiro atoms. The molecule has 13 heteroatoms. The zero-order valence-corrected chi connectivity index (χ0v) is 22.0. The molecule has 37 heavy (non-hydrogen) atoms. The van der Waals surface area contributed by atoms with Gasteiger partial charge in [-0.1, -0.05) is 0 Å². The summed E-state index contributed by atoms with van der Waals surface area (Å²) in [5.41, 5.74) is 8.68. The predicted molar refractivity (Wildman–Crippen MR) is 175 cm³/mol. The van der Waals surface area contributed by atoms with E-state index in [2.05, 4.69) is 116 Å². The summed E-state index contributed by atoms with van der Waals surface area (Å²) in [5.74, 6) is 0. The molecule has 7 saturated heterocycles. The molecule has 0 atom stereocenters. The van der Waals surface area contributed by atoms with E-state index in [1.54, 1.807) is 10.8 Å². The Bertz CT molecular complexity index is 1980. The van der Waals surface area contributed by atoms with E-state index in [1.165, 1.54) is 38.4 Å². The topological polar surface area (TPSA) is 17.0 Å². The monoisotopic (exact) mass is 493 g/mol. The van der Waals surface area contributed by atoms with Crippen LogP contribution in [0.3, 0.4) is 0 Å². The minimum atomic E-state index is -2.08. The summed E-state index contributed by atoms with van der Waals surface area (Å²) in [4.78, 5) is 4.73. The molecule has 161 valence electrons. The van der Waals surface area contributed by atoms with E-state index in [0.29, 0.717) is 0 Å². The van der Waals surface area contributed by atoms with Gasteiger partial charge < -0.3 is 0 Å². The molecule has 9 heterocycles. The third kappa shape index (κ3) is 1.62. The van der Waals surface area contributed by atoms with Crippen LogP contribution >= 0.6 is 12.7 Å². The molecule has 0 unspecified atom stereocenters. The molecular weight excluding hydrogens is 476 g/mol. The molecule has 1 aromatic heterocycles. The minimum absolute atomic E-state index is 0.278. The van der Waals surface area contributed by atoms with E-state index < -0.39 is 12.7 Å². The number of hydrogen-bond donors (Lipinski definition) is 1. The van der Waals surface area contributed by atoms with Crippen LogP contribution in [0.4, 0.5) is 0 Å². The number of rotatable bonds is 4. The molecular formula is C24H16B9N2P2-2. The van der Waals surface area contributed by atoms with Gasteiger partial charge in [0.05, 0.1) is 0 Å². The molecule has 2 bridgehead atoms. The second kappa shape index (κ2) is 5.15. The Morgan fingerprint density at radius 2 is 1.54 bits per heavy atom. The molecule has 13 rings (SSSR count). The van der Waals surface area contributed by atoms with Gasteiger partial charge in [-0.3, -0.25) is 0 Å². The van der Waals surface area contributed by atoms with Crippen molar-refractivity contribution < 1.29 is 0 Å². The summed E-state index contributed by atoms with van der Waals surface area (Å²) in [5, 5.41) is 4.56. The van der Waals surface area contributed by atoms with Gasteiger partial charge in [-0.25, -0.2) is 0 Å². The van der Waals surface area contributed by atoms with Crippen LogP contribution in [0, 0.1) is 0 Å². The van der Waals surface area contributed by atoms with Crippen LogP contribution in [0.2, 0.25) is 0 Å². The fourth-order valence-corrected chi connectivity index (χ4v) is 29.3. The first kappa shape index (κ1) is 19.2. The van der Waals surface area contributed by atoms with Crippen molar-refractivity contribution in [3.05, 3.63) is 91.0 Å². The fourth-order valence-electron chi connectivity index (χ4n) is 9.85. The van der Waals surface area contributed by atoms with Gasteiger partial charge >= 0.3 is 221 Å². The maximum absolute atomic E-state index is 4.73. The second-order valence-corrected chi connectivity index (χ2v) is 23.3. The van der Waals surface area contributed by atoms with Crippen molar-refractivity contribution in [3.8, 4) is 5.69 Å². The summed E-state index contributed by atoms with van der Waals surface area (Å²) in [6.45, 7) is 5.80. The third-order valence-electron chi connectivity index (χ3n) is 12.0. The van der Waals surface area contributed by atoms with Crippen LogP contribution < -0.4 is 26.6 Å². The van der Waals surface area contributed by atoms with E-state index >= 15 is 0 Å². The summed E-state index contributed by atoms with van der Waals surface area (Å²) < 4.78 is 2.62. The average Bonchev–Trinajstić information content (AvgIpc) is 3.88. The fraction of sp³-hybridized carbons (Fsp3) is 0. The summed E-state index contributed by atoms with van der Waals surface area (Å²) in [6, 6.07) is 34.8. The van der Waals surface area contributed by atoms with Crippen molar-refractivity contribution in [2.75, 3.05) is 0 Å². The maximum atomic E-state index is 4.73. The number of fused-ring (bicyclic) bond motifs is 6. The van der Waals surface area contributed by atoms with E-state index in [4.69, 9.17) is 4.86 Å². The van der Waals surface area contributed by atoms with Crippen molar-refractivity contribution >= 4 is 115 Å². The normalized spacial score (nSPS) is 26.8. The van der Waals surface area contributed by atoms with Crippen LogP contribution in [0.25, 0.3) is 27.5 Å². The molecule has 8 aliphatic rings. The Hall–Kier alpha value is -1.92. The van der Waals surface area contributed by atoms with Crippen LogP contribution in [-0.2, 0) is 0 Å². The van der Waals surface area contributed by atoms with Gasteiger partial charge in [0.25, 0.3) is 0 Å². The molecule has 2 nitrogen and oxygen atoms in total. The predicted octanol–water partition coefficient (Wildman–Crippen LogP) is 0.968. The van der Waals surface area contributed by atoms with Gasteiger partial charge in [0, 0.05) is 0 Å². The first-order valence-electron chi connectivity index (χ1n) is 13.8. The number of para-hydroxylation sites is 2. The standard InChI is InChI=1S/C24H16B9N2P2/c1-2-8-16(9-3-1)28-19-11-5-7-13-21(19)35-20-12-6-4-10-17(20)18-14-15-22(23(28)24(18)35)36(29-25-30(36)33(29)36)34-37-26-31(37)32(37)27-37/h1-15,34H/q-2. The number of hydrogen-bond acceptors (Lipinski definition) is 1. The van der Waals surface area contributed by atoms with Gasteiger partial charge in [0.15, 0.2) is 0 Å². The molecule has 7 fully saturated rings. The van der Waals surface area contributed by atoms with Gasteiger partial charge in [-0.15, -0.1) is 0 Å². The zero-order valence-electron chi connectivity index (χ0n) is 20.2. The van der Waals surface area contributed by atoms with Gasteiger partial charge in [-0.05, 0) is 0 Å². The third-order valence-corrected chi connectivity index (χ3v) is 26.4. The summed E-state index contributed by atoms with van der Waals surface area (Å²) in [6.07, 6.45) is 0.903. The Kier molecular flexibility index (Phi) is 2.67. The molecule has 1 N–H and O–H groups in total. The van der Waals surface area contributed by atoms with Crippen LogP contribution in [0.1, 0.15) is 0 Å². The van der Waals surface area contributed by atoms with E-state index in [1.807, 2.05) is 0 Å². The Labute approximate surface area is 220 Å². The van der Waals surface area contributed by atoms with Crippen molar-refractivity contribution in [1.82, 2.24) is 9.42 Å². The van der Waals surface area contributed by atoms with E-state index in [9.17, 15) is 0 Å². The van der Waals surface area contributed by atoms with Gasteiger partial charge in [0.1, 0.15) is 0 Å². The quantitative estimate of drug-likeness (QED) is 0.287. The molecule has 8 aliphatic heterocycles. The molecule has 0 amide bonds. The van der Waals surface area contributed by atoms with Gasteiger partial charge in [-0.2, -0.15) is 0 Å². The molecule has 4 aromatic carbocycles. The zero-order chi connectivity index (χ0) is 23.6. The average molecular weight is 492 g/mol. The van der Waals surface area contributed by atoms with Crippen molar-refractivity contribution in [2.45, 2.75) is 0 Å².